The highest BCUT2D eigenvalue weighted by Crippen LogP contribution is 2.07. The highest BCUT2D eigenvalue weighted by Gasteiger charge is 2.32. The Balaban J connectivity index is 2.27. The van der Waals surface area contributed by atoms with Gasteiger partial charge in [-0.2, -0.15) is 5.26 Å². The van der Waals surface area contributed by atoms with E-state index >= 15 is 0 Å². The summed E-state index contributed by atoms with van der Waals surface area (Å²) in [7, 11) is 0. The van der Waals surface area contributed by atoms with Gasteiger partial charge in [0, 0.05) is 0 Å². The molecule has 0 aromatic heterocycles. The predicted octanol–water partition coefficient (Wildman–Crippen LogP) is -0.834. The highest BCUT2D eigenvalue weighted by atomic mass is 16.5. The number of carbonyl (C=O) groups is 1. The molecule has 0 saturated carbocycles. The maximum atomic E-state index is 11.2. The Bertz CT molecular complexity index is 224. The van der Waals surface area contributed by atoms with Crippen molar-refractivity contribution in [1.82, 2.24) is 5.32 Å². The lowest BCUT2D eigenvalue weighted by Gasteiger charge is -2.12. The first-order valence-corrected chi connectivity index (χ1v) is 4.20. The quantitative estimate of drug-likeness (QED) is 0.441. The summed E-state index contributed by atoms with van der Waals surface area (Å²) in [6.07, 6.45) is 0.0987. The second-order valence-corrected chi connectivity index (χ2v) is 2.86. The lowest BCUT2D eigenvalue weighted by molar-refractivity contribution is -0.147. The van der Waals surface area contributed by atoms with Gasteiger partial charge in [-0.05, 0) is 13.0 Å². The van der Waals surface area contributed by atoms with Crippen molar-refractivity contribution in [2.24, 2.45) is 0 Å². The Morgan fingerprint density at radius 2 is 2.54 bits per heavy atom. The number of esters is 1. The molecule has 1 fully saturated rings. The molecule has 0 bridgehead atoms. The molecule has 1 aliphatic heterocycles. The summed E-state index contributed by atoms with van der Waals surface area (Å²) >= 11 is 0. The van der Waals surface area contributed by atoms with E-state index in [9.17, 15) is 9.90 Å². The second-order valence-electron chi connectivity index (χ2n) is 2.86. The minimum Gasteiger partial charge on any atom is -0.463 e. The van der Waals surface area contributed by atoms with Crippen molar-refractivity contribution in [3.63, 3.8) is 0 Å². The molecule has 0 aliphatic carbocycles. The van der Waals surface area contributed by atoms with Crippen LogP contribution in [0, 0.1) is 11.3 Å². The Morgan fingerprint density at radius 1 is 1.77 bits per heavy atom. The van der Waals surface area contributed by atoms with Crippen molar-refractivity contribution in [3.8, 4) is 6.07 Å². The fourth-order valence-corrected chi connectivity index (χ4v) is 1.22. The average molecular weight is 184 g/mol. The van der Waals surface area contributed by atoms with Gasteiger partial charge in [0.15, 0.2) is 0 Å². The zero-order valence-corrected chi connectivity index (χ0v) is 7.19. The highest BCUT2D eigenvalue weighted by molar-refractivity contribution is 5.77. The van der Waals surface area contributed by atoms with Crippen molar-refractivity contribution in [3.05, 3.63) is 0 Å². The topological polar surface area (TPSA) is 82.3 Å². The molecule has 0 radical (unpaired) electrons. The summed E-state index contributed by atoms with van der Waals surface area (Å²) in [5, 5.41) is 20.3. The molecule has 1 unspecified atom stereocenters. The molecule has 0 aromatic rings. The van der Waals surface area contributed by atoms with E-state index in [0.717, 1.165) is 0 Å². The van der Waals surface area contributed by atoms with Crippen LogP contribution in [0.2, 0.25) is 0 Å². The maximum absolute atomic E-state index is 11.2. The lowest BCUT2D eigenvalue weighted by atomic mass is 10.2. The van der Waals surface area contributed by atoms with Crippen molar-refractivity contribution in [2.75, 3.05) is 13.2 Å². The normalized spacial score (nSPS) is 26.8. The minimum absolute atomic E-state index is 0.0975. The first kappa shape index (κ1) is 9.96. The molecule has 1 aliphatic rings. The van der Waals surface area contributed by atoms with Gasteiger partial charge in [-0.15, -0.1) is 0 Å². The van der Waals surface area contributed by atoms with E-state index in [2.05, 4.69) is 5.32 Å². The van der Waals surface area contributed by atoms with Gasteiger partial charge < -0.3 is 15.2 Å². The number of hydrogen-bond donors (Lipinski definition) is 2. The molecule has 1 rings (SSSR count). The zero-order chi connectivity index (χ0) is 9.68. The third-order valence-electron chi connectivity index (χ3n) is 1.90. The van der Waals surface area contributed by atoms with Gasteiger partial charge in [-0.3, -0.25) is 4.79 Å². The van der Waals surface area contributed by atoms with E-state index in [0.29, 0.717) is 13.0 Å². The molecule has 0 aromatic carbocycles. The molecule has 1 heterocycles. The number of nitrogens with one attached hydrogen (secondary N) is 1. The van der Waals surface area contributed by atoms with Crippen molar-refractivity contribution >= 4 is 5.97 Å². The largest absolute Gasteiger partial charge is 0.463 e. The van der Waals surface area contributed by atoms with Crippen molar-refractivity contribution in [2.45, 2.75) is 25.0 Å². The smallest absolute Gasteiger partial charge is 0.325 e. The molecule has 0 amide bonds. The molecule has 2 N–H and O–H groups in total. The summed E-state index contributed by atoms with van der Waals surface area (Å²) in [5.41, 5.74) is 0. The summed E-state index contributed by atoms with van der Waals surface area (Å²) in [6, 6.07) is 1.25. The van der Waals surface area contributed by atoms with Gasteiger partial charge >= 0.3 is 5.97 Å². The number of aliphatic hydroxyl groups excluding tert-OH is 1. The van der Waals surface area contributed by atoms with Crippen LogP contribution in [0.5, 0.6) is 0 Å². The van der Waals surface area contributed by atoms with Crippen LogP contribution in [0.1, 0.15) is 12.8 Å². The van der Waals surface area contributed by atoms with E-state index in [-0.39, 0.29) is 13.0 Å². The Hall–Kier alpha value is -1.12. The van der Waals surface area contributed by atoms with Gasteiger partial charge in [0.25, 0.3) is 0 Å². The number of carbonyl (C=O) groups excluding carboxylic acids is 1. The number of nitrogens with zero attached hydrogens (tertiary/aromatic N) is 1. The van der Waals surface area contributed by atoms with E-state index in [4.69, 9.17) is 10.00 Å². The van der Waals surface area contributed by atoms with Crippen LogP contribution in [0.15, 0.2) is 0 Å². The molecule has 0 spiro atoms. The third-order valence-corrected chi connectivity index (χ3v) is 1.90. The van der Waals surface area contributed by atoms with Crippen LogP contribution >= 0.6 is 0 Å². The molecular weight excluding hydrogens is 172 g/mol. The van der Waals surface area contributed by atoms with Gasteiger partial charge in [0.05, 0.1) is 18.6 Å². The summed E-state index contributed by atoms with van der Waals surface area (Å²) in [5.74, 6) is -0.472. The minimum atomic E-state index is -0.658. The maximum Gasteiger partial charge on any atom is 0.325 e. The SMILES string of the molecule is N#CCCOC(=O)[C@H]1NCCC1O. The summed E-state index contributed by atoms with van der Waals surface area (Å²) < 4.78 is 4.75. The molecular formula is C8H12N2O3. The fourth-order valence-electron chi connectivity index (χ4n) is 1.22. The molecule has 2 atom stereocenters. The molecule has 1 saturated heterocycles. The molecule has 5 heteroatoms. The first-order chi connectivity index (χ1) is 6.25. The Labute approximate surface area is 76.3 Å². The van der Waals surface area contributed by atoms with Gasteiger partial charge in [-0.1, -0.05) is 0 Å². The molecule has 72 valence electrons. The van der Waals surface area contributed by atoms with Gasteiger partial charge in [-0.25, -0.2) is 0 Å². The lowest BCUT2D eigenvalue weighted by Crippen LogP contribution is -2.39. The van der Waals surface area contributed by atoms with E-state index in [1.165, 1.54) is 0 Å². The predicted molar refractivity (Wildman–Crippen MR) is 43.6 cm³/mol. The number of nitriles is 1. The molecule has 13 heavy (non-hydrogen) atoms. The third kappa shape index (κ3) is 2.68. The fraction of sp³-hybridized carbons (Fsp3) is 0.750. The Kier molecular flexibility index (Phi) is 3.68. The Morgan fingerprint density at radius 3 is 3.08 bits per heavy atom. The number of aliphatic hydroxyl groups is 1. The first-order valence-electron chi connectivity index (χ1n) is 4.20. The van der Waals surface area contributed by atoms with Gasteiger partial charge in [0.2, 0.25) is 0 Å². The number of hydrogen-bond acceptors (Lipinski definition) is 5. The van der Waals surface area contributed by atoms with E-state index in [1.807, 2.05) is 6.07 Å². The van der Waals surface area contributed by atoms with Crippen LogP contribution in [0.3, 0.4) is 0 Å². The van der Waals surface area contributed by atoms with Crippen molar-refractivity contribution in [1.29, 1.82) is 5.26 Å². The van der Waals surface area contributed by atoms with E-state index < -0.39 is 18.1 Å². The van der Waals surface area contributed by atoms with Crippen LogP contribution in [0.25, 0.3) is 0 Å². The zero-order valence-electron chi connectivity index (χ0n) is 7.19. The summed E-state index contributed by atoms with van der Waals surface area (Å²) in [4.78, 5) is 11.2. The summed E-state index contributed by atoms with van der Waals surface area (Å²) in [6.45, 7) is 0.722. The van der Waals surface area contributed by atoms with Gasteiger partial charge in [0.1, 0.15) is 12.6 Å². The molecule has 5 nitrogen and oxygen atoms in total. The standard InChI is InChI=1S/C8H12N2O3/c9-3-1-5-13-8(12)7-6(11)2-4-10-7/h6-7,10-11H,1-2,4-5H2/t6?,7-/m0/s1. The average Bonchev–Trinajstić information content (AvgIpc) is 2.52. The monoisotopic (exact) mass is 184 g/mol. The number of rotatable bonds is 3. The van der Waals surface area contributed by atoms with Crippen LogP contribution in [0.4, 0.5) is 0 Å². The van der Waals surface area contributed by atoms with Crippen molar-refractivity contribution < 1.29 is 14.6 Å². The van der Waals surface area contributed by atoms with Crippen LogP contribution in [-0.2, 0) is 9.53 Å². The van der Waals surface area contributed by atoms with Crippen LogP contribution < -0.4 is 5.32 Å². The van der Waals surface area contributed by atoms with Crippen LogP contribution in [-0.4, -0.2) is 36.4 Å². The second kappa shape index (κ2) is 4.80. The van der Waals surface area contributed by atoms with E-state index in [1.54, 1.807) is 0 Å². The number of ether oxygens (including phenoxy) is 1.